The molecule has 0 radical (unpaired) electrons. The second kappa shape index (κ2) is 10.0. The summed E-state index contributed by atoms with van der Waals surface area (Å²) in [6, 6.07) is 2.10. The van der Waals surface area contributed by atoms with E-state index in [1.165, 1.54) is 37.8 Å². The molecule has 1 aliphatic rings. The molecule has 0 aliphatic heterocycles. The van der Waals surface area contributed by atoms with Gasteiger partial charge < -0.3 is 0 Å². The third-order valence-corrected chi connectivity index (χ3v) is 4.73. The second-order valence-electron chi connectivity index (χ2n) is 9.50. The molecule has 3 rings (SSSR count). The summed E-state index contributed by atoms with van der Waals surface area (Å²) >= 11 is 0. The maximum absolute atomic E-state index is 4.76. The highest BCUT2D eigenvalue weighted by atomic mass is 15.0. The molecule has 5 heteroatoms. The number of hydrogen-bond acceptors (Lipinski definition) is 5. The molecule has 0 aromatic carbocycles. The standard InChI is InChI=1S/C14H22N2.C8H13N3.CH4/c1-14(2,3)13-15-10-9-12(16-13)11-7-5-4-6-8-11;1-6-9-5-10-7(11-6)8(2,3)4;/h9-11H,4-8H2,1-3H3;5H,1-4H3;1H4. The van der Waals surface area contributed by atoms with E-state index in [4.69, 9.17) is 4.98 Å². The van der Waals surface area contributed by atoms with Gasteiger partial charge in [0.2, 0.25) is 0 Å². The lowest BCUT2D eigenvalue weighted by Crippen LogP contribution is -2.18. The van der Waals surface area contributed by atoms with Crippen LogP contribution in [-0.4, -0.2) is 24.9 Å². The van der Waals surface area contributed by atoms with E-state index >= 15 is 0 Å². The topological polar surface area (TPSA) is 64.5 Å². The van der Waals surface area contributed by atoms with Crippen LogP contribution in [0.1, 0.15) is 110 Å². The SMILES string of the molecule is C.CC(C)(C)c1nccc(C2CCCCC2)n1.Cc1ncnc(C(C)(C)C)n1. The van der Waals surface area contributed by atoms with Gasteiger partial charge in [0, 0.05) is 28.6 Å². The van der Waals surface area contributed by atoms with E-state index in [0.717, 1.165) is 17.5 Å². The third-order valence-electron chi connectivity index (χ3n) is 4.73. The highest BCUT2D eigenvalue weighted by Crippen LogP contribution is 2.32. The molecule has 0 atom stereocenters. The molecule has 28 heavy (non-hydrogen) atoms. The summed E-state index contributed by atoms with van der Waals surface area (Å²) in [5.41, 5.74) is 1.35. The summed E-state index contributed by atoms with van der Waals surface area (Å²) in [7, 11) is 0. The van der Waals surface area contributed by atoms with E-state index in [1.54, 1.807) is 6.33 Å². The molecule has 0 unspecified atom stereocenters. The molecule has 0 bridgehead atoms. The summed E-state index contributed by atoms with van der Waals surface area (Å²) in [6.45, 7) is 14.6. The lowest BCUT2D eigenvalue weighted by molar-refractivity contribution is 0.431. The van der Waals surface area contributed by atoms with E-state index in [2.05, 4.69) is 67.5 Å². The molecule has 1 aliphatic carbocycles. The van der Waals surface area contributed by atoms with Gasteiger partial charge in [-0.25, -0.2) is 24.9 Å². The van der Waals surface area contributed by atoms with Crippen molar-refractivity contribution in [1.29, 1.82) is 0 Å². The van der Waals surface area contributed by atoms with Crippen LogP contribution in [0.15, 0.2) is 18.6 Å². The zero-order chi connectivity index (χ0) is 20.1. The Morgan fingerprint density at radius 1 is 0.786 bits per heavy atom. The highest BCUT2D eigenvalue weighted by Gasteiger charge is 2.21. The predicted octanol–water partition coefficient (Wildman–Crippen LogP) is 5.94. The van der Waals surface area contributed by atoms with Crippen molar-refractivity contribution < 1.29 is 0 Å². The largest absolute Gasteiger partial charge is 0.241 e. The second-order valence-corrected chi connectivity index (χ2v) is 9.50. The van der Waals surface area contributed by atoms with Crippen LogP contribution in [0.5, 0.6) is 0 Å². The van der Waals surface area contributed by atoms with Crippen molar-refractivity contribution in [2.45, 2.75) is 105 Å². The summed E-state index contributed by atoms with van der Waals surface area (Å²) in [4.78, 5) is 21.4. The maximum atomic E-state index is 4.76. The molecule has 0 amide bonds. The zero-order valence-corrected chi connectivity index (χ0v) is 18.1. The van der Waals surface area contributed by atoms with Crippen LogP contribution in [0.4, 0.5) is 0 Å². The van der Waals surface area contributed by atoms with Gasteiger partial charge in [0.1, 0.15) is 23.8 Å². The van der Waals surface area contributed by atoms with Crippen molar-refractivity contribution in [3.8, 4) is 0 Å². The van der Waals surface area contributed by atoms with Crippen LogP contribution >= 0.6 is 0 Å². The van der Waals surface area contributed by atoms with Crippen molar-refractivity contribution >= 4 is 0 Å². The Kier molecular flexibility index (Phi) is 8.65. The summed E-state index contributed by atoms with van der Waals surface area (Å²) in [6.07, 6.45) is 10.2. The van der Waals surface area contributed by atoms with Crippen molar-refractivity contribution in [1.82, 2.24) is 24.9 Å². The molecule has 2 heterocycles. The van der Waals surface area contributed by atoms with Gasteiger partial charge in [-0.15, -0.1) is 0 Å². The number of hydrogen-bond donors (Lipinski definition) is 0. The van der Waals surface area contributed by atoms with Crippen molar-refractivity contribution in [2.24, 2.45) is 0 Å². The Labute approximate surface area is 171 Å². The molecule has 2 aromatic heterocycles. The average molecular weight is 386 g/mol. The lowest BCUT2D eigenvalue weighted by Gasteiger charge is -2.23. The van der Waals surface area contributed by atoms with Crippen molar-refractivity contribution in [2.75, 3.05) is 0 Å². The first kappa shape index (κ1) is 24.1. The fraction of sp³-hybridized carbons (Fsp3) is 0.696. The van der Waals surface area contributed by atoms with Crippen LogP contribution in [-0.2, 0) is 10.8 Å². The smallest absolute Gasteiger partial charge is 0.137 e. The Balaban J connectivity index is 0.000000289. The molecule has 0 N–H and O–H groups in total. The van der Waals surface area contributed by atoms with Gasteiger partial charge in [0.05, 0.1) is 0 Å². The zero-order valence-electron chi connectivity index (χ0n) is 18.1. The van der Waals surface area contributed by atoms with E-state index < -0.39 is 0 Å². The Morgan fingerprint density at radius 2 is 1.36 bits per heavy atom. The Morgan fingerprint density at radius 3 is 1.86 bits per heavy atom. The Bertz CT molecular complexity index is 722. The fourth-order valence-electron chi connectivity index (χ4n) is 3.10. The van der Waals surface area contributed by atoms with Crippen LogP contribution in [0.25, 0.3) is 0 Å². The Hall–Kier alpha value is -1.91. The molecule has 2 aromatic rings. The predicted molar refractivity (Wildman–Crippen MR) is 117 cm³/mol. The van der Waals surface area contributed by atoms with E-state index in [-0.39, 0.29) is 18.3 Å². The minimum atomic E-state index is 0. The summed E-state index contributed by atoms with van der Waals surface area (Å²) in [5, 5.41) is 0. The first-order valence-corrected chi connectivity index (χ1v) is 10.1. The van der Waals surface area contributed by atoms with Crippen molar-refractivity contribution in [3.63, 3.8) is 0 Å². The minimum Gasteiger partial charge on any atom is -0.241 e. The summed E-state index contributed by atoms with van der Waals surface area (Å²) < 4.78 is 0. The average Bonchev–Trinajstić information content (AvgIpc) is 2.62. The fourth-order valence-corrected chi connectivity index (χ4v) is 3.10. The van der Waals surface area contributed by atoms with Gasteiger partial charge in [-0.3, -0.25) is 0 Å². The van der Waals surface area contributed by atoms with Crippen molar-refractivity contribution in [3.05, 3.63) is 41.8 Å². The van der Waals surface area contributed by atoms with Crippen LogP contribution < -0.4 is 0 Å². The summed E-state index contributed by atoms with van der Waals surface area (Å²) in [5.74, 6) is 3.29. The molecule has 156 valence electrons. The van der Waals surface area contributed by atoms with Crippen LogP contribution in [0, 0.1) is 6.92 Å². The third kappa shape index (κ3) is 7.25. The monoisotopic (exact) mass is 385 g/mol. The molecule has 1 saturated carbocycles. The first-order valence-electron chi connectivity index (χ1n) is 10.1. The molecule has 1 fully saturated rings. The van der Waals surface area contributed by atoms with Gasteiger partial charge in [-0.1, -0.05) is 68.2 Å². The highest BCUT2D eigenvalue weighted by molar-refractivity contribution is 5.12. The maximum Gasteiger partial charge on any atom is 0.137 e. The molecule has 5 nitrogen and oxygen atoms in total. The molecular weight excluding hydrogens is 346 g/mol. The van der Waals surface area contributed by atoms with Crippen LogP contribution in [0.3, 0.4) is 0 Å². The van der Waals surface area contributed by atoms with E-state index in [0.29, 0.717) is 5.92 Å². The number of aromatic nitrogens is 5. The molecule has 0 saturated heterocycles. The van der Waals surface area contributed by atoms with Crippen LogP contribution in [0.2, 0.25) is 0 Å². The molecule has 0 spiro atoms. The van der Waals surface area contributed by atoms with Gasteiger partial charge >= 0.3 is 0 Å². The number of aryl methyl sites for hydroxylation is 1. The van der Waals surface area contributed by atoms with E-state index in [1.807, 2.05) is 13.1 Å². The number of rotatable bonds is 1. The first-order chi connectivity index (χ1) is 12.6. The molecular formula is C23H39N5. The van der Waals surface area contributed by atoms with Gasteiger partial charge in [0.15, 0.2) is 0 Å². The minimum absolute atomic E-state index is 0. The van der Waals surface area contributed by atoms with Gasteiger partial charge in [0.25, 0.3) is 0 Å². The quantitative estimate of drug-likeness (QED) is 0.608. The normalized spacial score (nSPS) is 15.2. The van der Waals surface area contributed by atoms with Gasteiger partial charge in [-0.2, -0.15) is 0 Å². The van der Waals surface area contributed by atoms with E-state index in [9.17, 15) is 0 Å². The lowest BCUT2D eigenvalue weighted by atomic mass is 9.86. The van der Waals surface area contributed by atoms with Gasteiger partial charge in [-0.05, 0) is 25.8 Å². The number of nitrogens with zero attached hydrogens (tertiary/aromatic N) is 5.